The molecule has 6 heteroatoms. The molecule has 0 atom stereocenters. The number of hydrogen-bond donors (Lipinski definition) is 0. The summed E-state index contributed by atoms with van der Waals surface area (Å²) in [4.78, 5) is 9.12. The lowest BCUT2D eigenvalue weighted by Gasteiger charge is -2.33. The summed E-state index contributed by atoms with van der Waals surface area (Å²) in [6.45, 7) is 2.35. The summed E-state index contributed by atoms with van der Waals surface area (Å²) in [6.07, 6.45) is 5.20. The van der Waals surface area contributed by atoms with Gasteiger partial charge in [0.25, 0.3) is 5.92 Å². The van der Waals surface area contributed by atoms with Crippen LogP contribution in [0.1, 0.15) is 60.3 Å². The maximum Gasteiger partial charge on any atom is 0.252 e. The van der Waals surface area contributed by atoms with Gasteiger partial charge < -0.3 is 4.74 Å². The molecular formula is C23H25F2N3O. The number of aromatic nitrogens is 2. The first-order valence-electron chi connectivity index (χ1n) is 10.2. The van der Waals surface area contributed by atoms with Crippen molar-refractivity contribution in [2.45, 2.75) is 63.2 Å². The fourth-order valence-corrected chi connectivity index (χ4v) is 5.01. The van der Waals surface area contributed by atoms with Gasteiger partial charge in [0.1, 0.15) is 6.07 Å². The molecule has 0 aliphatic heterocycles. The van der Waals surface area contributed by atoms with Gasteiger partial charge in [0.15, 0.2) is 0 Å². The predicted molar refractivity (Wildman–Crippen MR) is 106 cm³/mol. The smallest absolute Gasteiger partial charge is 0.252 e. The van der Waals surface area contributed by atoms with E-state index < -0.39 is 5.92 Å². The van der Waals surface area contributed by atoms with Gasteiger partial charge in [-0.1, -0.05) is 12.8 Å². The van der Waals surface area contributed by atoms with Gasteiger partial charge in [-0.05, 0) is 49.4 Å². The molecule has 2 aromatic rings. The van der Waals surface area contributed by atoms with E-state index in [9.17, 15) is 14.0 Å². The van der Waals surface area contributed by atoms with E-state index >= 15 is 0 Å². The number of pyridine rings is 2. The Labute approximate surface area is 169 Å². The highest BCUT2D eigenvalue weighted by Crippen LogP contribution is 2.47. The molecule has 2 heterocycles. The van der Waals surface area contributed by atoms with Crippen LogP contribution in [0.5, 0.6) is 0 Å². The highest BCUT2D eigenvalue weighted by atomic mass is 19.3. The molecule has 0 bridgehead atoms. The lowest BCUT2D eigenvalue weighted by molar-refractivity contribution is -0.0127. The lowest BCUT2D eigenvalue weighted by atomic mass is 9.76. The van der Waals surface area contributed by atoms with Crippen LogP contribution in [0.4, 0.5) is 8.78 Å². The van der Waals surface area contributed by atoms with Crippen LogP contribution in [-0.2, 0) is 23.0 Å². The van der Waals surface area contributed by atoms with E-state index in [1.54, 1.807) is 19.4 Å². The van der Waals surface area contributed by atoms with Gasteiger partial charge in [0.2, 0.25) is 0 Å². The number of rotatable bonds is 4. The number of aryl methyl sites for hydroxylation is 2. The average Bonchev–Trinajstić information content (AvgIpc) is 3.15. The van der Waals surface area contributed by atoms with Gasteiger partial charge in [-0.3, -0.25) is 9.97 Å². The molecule has 2 aliphatic rings. The van der Waals surface area contributed by atoms with Gasteiger partial charge >= 0.3 is 0 Å². The molecular weight excluding hydrogens is 372 g/mol. The quantitative estimate of drug-likeness (QED) is 0.736. The summed E-state index contributed by atoms with van der Waals surface area (Å²) in [6, 6.07) is 6.01. The van der Waals surface area contributed by atoms with E-state index in [0.29, 0.717) is 29.0 Å². The number of nitrogens with zero attached hydrogens (tertiary/aromatic N) is 3. The maximum absolute atomic E-state index is 14.3. The van der Waals surface area contributed by atoms with Crippen LogP contribution >= 0.6 is 0 Å². The van der Waals surface area contributed by atoms with Crippen LogP contribution < -0.4 is 0 Å². The lowest BCUT2D eigenvalue weighted by Crippen LogP contribution is -2.34. The van der Waals surface area contributed by atoms with E-state index in [0.717, 1.165) is 42.6 Å². The van der Waals surface area contributed by atoms with E-state index in [4.69, 9.17) is 9.72 Å². The zero-order valence-corrected chi connectivity index (χ0v) is 16.9. The van der Waals surface area contributed by atoms with Crippen LogP contribution in [0, 0.1) is 18.3 Å². The standard InChI is InChI=1S/C23H25F2N3O/c1-15-11-16(6-10-27-15)20-17-12-23(24,25)9-5-19(17)28-21(18(20)13-26)22(14-29-2)7-3-4-8-22/h6,10-11H,3-5,7-9,12,14H2,1-2H3. The molecule has 1 fully saturated rings. The Morgan fingerprint density at radius 2 is 2.00 bits per heavy atom. The predicted octanol–water partition coefficient (Wildman–Crippen LogP) is 4.91. The molecule has 0 spiro atoms. The highest BCUT2D eigenvalue weighted by Gasteiger charge is 2.43. The second kappa shape index (κ2) is 7.46. The highest BCUT2D eigenvalue weighted by molar-refractivity contribution is 5.76. The fourth-order valence-electron chi connectivity index (χ4n) is 5.01. The largest absolute Gasteiger partial charge is 0.384 e. The number of methoxy groups -OCH3 is 1. The summed E-state index contributed by atoms with van der Waals surface area (Å²) in [5.74, 6) is -2.78. The summed E-state index contributed by atoms with van der Waals surface area (Å²) in [5, 5.41) is 10.2. The molecule has 0 unspecified atom stereocenters. The monoisotopic (exact) mass is 397 g/mol. The second-order valence-corrected chi connectivity index (χ2v) is 8.39. The summed E-state index contributed by atoms with van der Waals surface area (Å²) >= 11 is 0. The van der Waals surface area contributed by atoms with Crippen LogP contribution in [0.3, 0.4) is 0 Å². The number of alkyl halides is 2. The molecule has 0 radical (unpaired) electrons. The minimum atomic E-state index is -2.78. The molecule has 0 saturated heterocycles. The van der Waals surface area contributed by atoms with Crippen molar-refractivity contribution in [1.82, 2.24) is 9.97 Å². The zero-order valence-electron chi connectivity index (χ0n) is 16.9. The topological polar surface area (TPSA) is 58.8 Å². The molecule has 0 amide bonds. The minimum Gasteiger partial charge on any atom is -0.384 e. The Bertz CT molecular complexity index is 975. The number of hydrogen-bond acceptors (Lipinski definition) is 4. The number of nitriles is 1. The second-order valence-electron chi connectivity index (χ2n) is 8.39. The molecule has 1 saturated carbocycles. The van der Waals surface area contributed by atoms with Crippen molar-refractivity contribution in [2.24, 2.45) is 0 Å². The van der Waals surface area contributed by atoms with Crippen molar-refractivity contribution >= 4 is 0 Å². The third-order valence-corrected chi connectivity index (χ3v) is 6.33. The van der Waals surface area contributed by atoms with E-state index in [-0.39, 0.29) is 24.7 Å². The molecule has 4 nitrogen and oxygen atoms in total. The fraction of sp³-hybridized carbons (Fsp3) is 0.522. The third-order valence-electron chi connectivity index (χ3n) is 6.33. The minimum absolute atomic E-state index is 0.204. The van der Waals surface area contributed by atoms with Gasteiger partial charge in [-0.25, -0.2) is 8.78 Å². The van der Waals surface area contributed by atoms with Crippen molar-refractivity contribution in [2.75, 3.05) is 13.7 Å². The van der Waals surface area contributed by atoms with Gasteiger partial charge in [-0.2, -0.15) is 5.26 Å². The van der Waals surface area contributed by atoms with Crippen LogP contribution in [-0.4, -0.2) is 29.6 Å². The summed E-state index contributed by atoms with van der Waals surface area (Å²) < 4.78 is 34.2. The van der Waals surface area contributed by atoms with Crippen molar-refractivity contribution in [3.63, 3.8) is 0 Å². The van der Waals surface area contributed by atoms with Gasteiger partial charge in [0.05, 0.1) is 17.9 Å². The number of fused-ring (bicyclic) bond motifs is 1. The van der Waals surface area contributed by atoms with Crippen molar-refractivity contribution in [1.29, 1.82) is 5.26 Å². The van der Waals surface area contributed by atoms with Crippen molar-refractivity contribution in [3.05, 3.63) is 46.5 Å². The van der Waals surface area contributed by atoms with Crippen molar-refractivity contribution < 1.29 is 13.5 Å². The van der Waals surface area contributed by atoms with Crippen LogP contribution in [0.15, 0.2) is 18.3 Å². The Morgan fingerprint density at radius 1 is 1.24 bits per heavy atom. The first kappa shape index (κ1) is 19.9. The van der Waals surface area contributed by atoms with Crippen LogP contribution in [0.25, 0.3) is 11.1 Å². The molecule has 4 rings (SSSR count). The van der Waals surface area contributed by atoms with Crippen LogP contribution in [0.2, 0.25) is 0 Å². The van der Waals surface area contributed by atoms with E-state index in [1.807, 2.05) is 13.0 Å². The Kier molecular flexibility index (Phi) is 5.12. The number of halogens is 2. The Morgan fingerprint density at radius 3 is 2.66 bits per heavy atom. The molecule has 152 valence electrons. The Hall–Kier alpha value is -2.39. The van der Waals surface area contributed by atoms with Crippen molar-refractivity contribution in [3.8, 4) is 17.2 Å². The normalized spacial score (nSPS) is 19.6. The molecule has 0 aromatic carbocycles. The maximum atomic E-state index is 14.3. The molecule has 29 heavy (non-hydrogen) atoms. The summed E-state index contributed by atoms with van der Waals surface area (Å²) in [5.41, 5.74) is 4.20. The first-order chi connectivity index (χ1) is 13.9. The molecule has 2 aliphatic carbocycles. The van der Waals surface area contributed by atoms with Gasteiger partial charge in [-0.15, -0.1) is 0 Å². The average molecular weight is 397 g/mol. The number of ether oxygens (including phenoxy) is 1. The zero-order chi connectivity index (χ0) is 20.6. The third kappa shape index (κ3) is 3.53. The Balaban J connectivity index is 2.03. The SMILES string of the molecule is COCC1(c2nc3c(c(-c4ccnc(C)c4)c2C#N)CC(F)(F)CC3)CCCC1. The molecule has 0 N–H and O–H groups in total. The first-order valence-corrected chi connectivity index (χ1v) is 10.2. The van der Waals surface area contributed by atoms with E-state index in [1.165, 1.54) is 0 Å². The molecule has 2 aromatic heterocycles. The summed E-state index contributed by atoms with van der Waals surface area (Å²) in [7, 11) is 1.66. The van der Waals surface area contributed by atoms with E-state index in [2.05, 4.69) is 11.1 Å². The van der Waals surface area contributed by atoms with Gasteiger partial charge in [0, 0.05) is 48.5 Å².